The van der Waals surface area contributed by atoms with E-state index in [0.717, 1.165) is 11.1 Å². The summed E-state index contributed by atoms with van der Waals surface area (Å²) in [5.74, 6) is 0.168. The van der Waals surface area contributed by atoms with Gasteiger partial charge in [0.1, 0.15) is 5.75 Å². The molecule has 112 valence electrons. The van der Waals surface area contributed by atoms with Crippen LogP contribution >= 0.6 is 0 Å². The van der Waals surface area contributed by atoms with Crippen LogP contribution in [-0.4, -0.2) is 11.6 Å². The highest BCUT2D eigenvalue weighted by Gasteiger charge is 2.12. The van der Waals surface area contributed by atoms with E-state index >= 15 is 0 Å². The van der Waals surface area contributed by atoms with E-state index < -0.39 is 6.61 Å². The zero-order valence-corrected chi connectivity index (χ0v) is 12.0. The third-order valence-corrected chi connectivity index (χ3v) is 3.29. The van der Waals surface area contributed by atoms with Gasteiger partial charge in [-0.05, 0) is 43.2 Å². The van der Waals surface area contributed by atoms with Crippen LogP contribution in [0.3, 0.4) is 0 Å². The van der Waals surface area contributed by atoms with E-state index in [1.807, 2.05) is 25.3 Å². The van der Waals surface area contributed by atoms with Gasteiger partial charge in [-0.15, -0.1) is 0 Å². The third-order valence-electron chi connectivity index (χ3n) is 3.29. The summed E-state index contributed by atoms with van der Waals surface area (Å²) in [6, 6.07) is 10.8. The summed E-state index contributed by atoms with van der Waals surface area (Å²) in [4.78, 5) is 4.10. The third kappa shape index (κ3) is 4.49. The van der Waals surface area contributed by atoms with E-state index in [1.54, 1.807) is 30.5 Å². The summed E-state index contributed by atoms with van der Waals surface area (Å²) in [6.45, 7) is 1.29. The largest absolute Gasteiger partial charge is 0.435 e. The number of aromatic nitrogens is 1. The number of hydrogen-bond acceptors (Lipinski definition) is 3. The minimum absolute atomic E-state index is 0.0841. The van der Waals surface area contributed by atoms with Crippen molar-refractivity contribution in [1.82, 2.24) is 10.3 Å². The first-order valence-electron chi connectivity index (χ1n) is 6.77. The lowest BCUT2D eigenvalue weighted by molar-refractivity contribution is -0.0498. The second kappa shape index (κ2) is 7.13. The number of hydrogen-bond donors (Lipinski definition) is 1. The Kier molecular flexibility index (Phi) is 5.22. The Morgan fingerprint density at radius 1 is 1.00 bits per heavy atom. The molecule has 5 heteroatoms. The molecule has 0 aliphatic heterocycles. The number of rotatable bonds is 6. The molecule has 1 aromatic heterocycles. The first kappa shape index (κ1) is 15.4. The number of ether oxygens (including phenoxy) is 1. The monoisotopic (exact) mass is 292 g/mol. The van der Waals surface area contributed by atoms with Crippen LogP contribution in [0.2, 0.25) is 0 Å². The average molecular weight is 292 g/mol. The van der Waals surface area contributed by atoms with Crippen LogP contribution in [0.25, 0.3) is 0 Å². The zero-order chi connectivity index (χ0) is 15.2. The Labute approximate surface area is 123 Å². The van der Waals surface area contributed by atoms with Crippen molar-refractivity contribution in [2.45, 2.75) is 32.5 Å². The smallest absolute Gasteiger partial charge is 0.387 e. The van der Waals surface area contributed by atoms with E-state index in [1.165, 1.54) is 0 Å². The average Bonchev–Trinajstić information content (AvgIpc) is 2.48. The van der Waals surface area contributed by atoms with Crippen molar-refractivity contribution >= 4 is 0 Å². The van der Waals surface area contributed by atoms with Gasteiger partial charge in [0.15, 0.2) is 0 Å². The summed E-state index contributed by atoms with van der Waals surface area (Å²) >= 11 is 0. The molecule has 0 fully saturated rings. The van der Waals surface area contributed by atoms with Gasteiger partial charge in [-0.1, -0.05) is 18.2 Å². The first-order valence-corrected chi connectivity index (χ1v) is 6.77. The Morgan fingerprint density at radius 3 is 2.24 bits per heavy atom. The molecule has 1 N–H and O–H groups in total. The predicted octanol–water partition coefficient (Wildman–Crippen LogP) is 4.09. The topological polar surface area (TPSA) is 34.2 Å². The van der Waals surface area contributed by atoms with Gasteiger partial charge in [0.2, 0.25) is 0 Å². The molecule has 1 aromatic carbocycles. The van der Waals surface area contributed by atoms with Gasteiger partial charge >= 0.3 is 6.61 Å². The van der Waals surface area contributed by atoms with Gasteiger partial charge in [0.25, 0.3) is 0 Å². The maximum atomic E-state index is 12.1. The molecule has 21 heavy (non-hydrogen) atoms. The highest BCUT2D eigenvalue weighted by atomic mass is 19.3. The summed E-state index contributed by atoms with van der Waals surface area (Å²) in [7, 11) is 0. The summed E-state index contributed by atoms with van der Waals surface area (Å²) in [5, 5.41) is 3.44. The van der Waals surface area contributed by atoms with E-state index in [0.29, 0.717) is 0 Å². The SMILES string of the molecule is CC(N[C@H](C)c1cccnc1)c1ccc(OC(F)F)cc1. The van der Waals surface area contributed by atoms with Gasteiger partial charge in [-0.2, -0.15) is 8.78 Å². The van der Waals surface area contributed by atoms with Crippen molar-refractivity contribution in [3.8, 4) is 5.75 Å². The Balaban J connectivity index is 1.98. The predicted molar refractivity (Wildman–Crippen MR) is 77.3 cm³/mol. The van der Waals surface area contributed by atoms with Gasteiger partial charge in [-0.25, -0.2) is 0 Å². The van der Waals surface area contributed by atoms with E-state index in [-0.39, 0.29) is 17.8 Å². The molecule has 1 heterocycles. The van der Waals surface area contributed by atoms with Gasteiger partial charge in [-0.3, -0.25) is 4.98 Å². The Morgan fingerprint density at radius 2 is 1.67 bits per heavy atom. The molecule has 3 nitrogen and oxygen atoms in total. The fourth-order valence-electron chi connectivity index (χ4n) is 2.14. The number of benzene rings is 1. The van der Waals surface area contributed by atoms with Gasteiger partial charge in [0.05, 0.1) is 0 Å². The second-order valence-corrected chi connectivity index (χ2v) is 4.84. The fraction of sp³-hybridized carbons (Fsp3) is 0.312. The second-order valence-electron chi connectivity index (χ2n) is 4.84. The normalized spacial score (nSPS) is 14.0. The molecular formula is C16H18F2N2O. The minimum atomic E-state index is -2.79. The molecule has 0 amide bonds. The number of nitrogens with zero attached hydrogens (tertiary/aromatic N) is 1. The van der Waals surface area contributed by atoms with Crippen LogP contribution in [-0.2, 0) is 0 Å². The molecule has 0 radical (unpaired) electrons. The van der Waals surface area contributed by atoms with E-state index in [9.17, 15) is 8.78 Å². The summed E-state index contributed by atoms with van der Waals surface area (Å²) in [6.07, 6.45) is 3.56. The molecular weight excluding hydrogens is 274 g/mol. The number of alkyl halides is 2. The maximum Gasteiger partial charge on any atom is 0.387 e. The first-order chi connectivity index (χ1) is 10.1. The van der Waals surface area contributed by atoms with Gasteiger partial charge in [0, 0.05) is 24.5 Å². The lowest BCUT2D eigenvalue weighted by atomic mass is 10.1. The number of pyridine rings is 1. The van der Waals surface area contributed by atoms with Crippen LogP contribution in [0, 0.1) is 0 Å². The van der Waals surface area contributed by atoms with Crippen molar-refractivity contribution in [1.29, 1.82) is 0 Å². The van der Waals surface area contributed by atoms with Crippen molar-refractivity contribution < 1.29 is 13.5 Å². The molecule has 2 rings (SSSR count). The van der Waals surface area contributed by atoms with Crippen molar-refractivity contribution in [2.75, 3.05) is 0 Å². The molecule has 0 saturated carbocycles. The van der Waals surface area contributed by atoms with Crippen molar-refractivity contribution in [3.05, 3.63) is 59.9 Å². The zero-order valence-electron chi connectivity index (χ0n) is 12.0. The van der Waals surface area contributed by atoms with Gasteiger partial charge < -0.3 is 10.1 Å². The minimum Gasteiger partial charge on any atom is -0.435 e. The standard InChI is InChI=1S/C16H18F2N2O/c1-11(20-12(2)14-4-3-9-19-10-14)13-5-7-15(8-6-13)21-16(17)18/h3-12,16,20H,1-2H3/t11?,12-/m1/s1. The summed E-state index contributed by atoms with van der Waals surface area (Å²) < 4.78 is 28.5. The molecule has 1 unspecified atom stereocenters. The Bertz CT molecular complexity index is 546. The maximum absolute atomic E-state index is 12.1. The van der Waals surface area contributed by atoms with Crippen molar-refractivity contribution in [2.24, 2.45) is 0 Å². The molecule has 2 aromatic rings. The number of halogens is 2. The van der Waals surface area contributed by atoms with Crippen LogP contribution < -0.4 is 10.1 Å². The molecule has 0 aliphatic rings. The summed E-state index contributed by atoms with van der Waals surface area (Å²) in [5.41, 5.74) is 2.11. The van der Waals surface area contributed by atoms with E-state index in [2.05, 4.69) is 22.0 Å². The Hall–Kier alpha value is -2.01. The van der Waals surface area contributed by atoms with Crippen molar-refractivity contribution in [3.63, 3.8) is 0 Å². The highest BCUT2D eigenvalue weighted by molar-refractivity contribution is 5.29. The quantitative estimate of drug-likeness (QED) is 0.870. The lowest BCUT2D eigenvalue weighted by Crippen LogP contribution is -2.22. The molecule has 0 aliphatic carbocycles. The van der Waals surface area contributed by atoms with Crippen LogP contribution in [0.5, 0.6) is 5.75 Å². The van der Waals surface area contributed by atoms with Crippen LogP contribution in [0.4, 0.5) is 8.78 Å². The highest BCUT2D eigenvalue weighted by Crippen LogP contribution is 2.22. The number of nitrogens with one attached hydrogen (secondary N) is 1. The van der Waals surface area contributed by atoms with Crippen LogP contribution in [0.1, 0.15) is 37.1 Å². The molecule has 0 saturated heterocycles. The lowest BCUT2D eigenvalue weighted by Gasteiger charge is -2.20. The molecule has 0 bridgehead atoms. The van der Waals surface area contributed by atoms with Crippen LogP contribution in [0.15, 0.2) is 48.8 Å². The van der Waals surface area contributed by atoms with E-state index in [4.69, 9.17) is 0 Å². The molecule has 0 spiro atoms. The fourth-order valence-corrected chi connectivity index (χ4v) is 2.14. The molecule has 2 atom stereocenters.